The molecule has 2 heterocycles. The number of rotatable bonds is 4. The average Bonchev–Trinajstić information content (AvgIpc) is 2.97. The third-order valence-electron chi connectivity index (χ3n) is 2.70. The van der Waals surface area contributed by atoms with Crippen LogP contribution in [0.3, 0.4) is 0 Å². The summed E-state index contributed by atoms with van der Waals surface area (Å²) >= 11 is 0. The molecule has 0 aromatic carbocycles. The molecule has 0 aliphatic rings. The zero-order valence-corrected chi connectivity index (χ0v) is 11.2. The molecule has 19 heavy (non-hydrogen) atoms. The van der Waals surface area contributed by atoms with Crippen LogP contribution in [0.1, 0.15) is 25.7 Å². The van der Waals surface area contributed by atoms with Crippen molar-refractivity contribution in [2.45, 2.75) is 26.4 Å². The van der Waals surface area contributed by atoms with Gasteiger partial charge in [0.1, 0.15) is 6.33 Å². The van der Waals surface area contributed by atoms with E-state index in [0.29, 0.717) is 11.5 Å². The predicted molar refractivity (Wildman–Crippen MR) is 69.5 cm³/mol. The molecule has 0 fully saturated rings. The molecule has 0 saturated carbocycles. The zero-order valence-electron chi connectivity index (χ0n) is 11.2. The zero-order chi connectivity index (χ0) is 13.8. The van der Waals surface area contributed by atoms with Crippen LogP contribution in [0.15, 0.2) is 18.7 Å². The Morgan fingerprint density at radius 1 is 1.53 bits per heavy atom. The van der Waals surface area contributed by atoms with Crippen LogP contribution >= 0.6 is 0 Å². The maximum Gasteiger partial charge on any atom is 0.319 e. The SMILES string of the molecule is CCn1cc(NC(=O)NC(C)c2nncn2C)cn1. The van der Waals surface area contributed by atoms with Gasteiger partial charge in [-0.2, -0.15) is 5.10 Å². The predicted octanol–water partition coefficient (Wildman–Crippen LogP) is 0.914. The lowest BCUT2D eigenvalue weighted by Crippen LogP contribution is -2.32. The first-order valence-electron chi connectivity index (χ1n) is 6.04. The van der Waals surface area contributed by atoms with E-state index in [1.807, 2.05) is 20.9 Å². The minimum Gasteiger partial charge on any atom is -0.328 e. The molecule has 0 saturated heterocycles. The topological polar surface area (TPSA) is 89.7 Å². The highest BCUT2D eigenvalue weighted by molar-refractivity contribution is 5.89. The van der Waals surface area contributed by atoms with E-state index in [4.69, 9.17) is 0 Å². The van der Waals surface area contributed by atoms with E-state index >= 15 is 0 Å². The quantitative estimate of drug-likeness (QED) is 0.858. The Morgan fingerprint density at radius 2 is 2.32 bits per heavy atom. The van der Waals surface area contributed by atoms with Gasteiger partial charge in [-0.05, 0) is 13.8 Å². The molecule has 8 heteroatoms. The molecule has 0 radical (unpaired) electrons. The van der Waals surface area contributed by atoms with E-state index in [1.54, 1.807) is 28.0 Å². The number of hydrogen-bond donors (Lipinski definition) is 2. The van der Waals surface area contributed by atoms with Crippen LogP contribution < -0.4 is 10.6 Å². The van der Waals surface area contributed by atoms with Crippen LogP contribution in [0.2, 0.25) is 0 Å². The Balaban J connectivity index is 1.92. The number of hydrogen-bond acceptors (Lipinski definition) is 4. The highest BCUT2D eigenvalue weighted by atomic mass is 16.2. The minimum absolute atomic E-state index is 0.228. The summed E-state index contributed by atoms with van der Waals surface area (Å²) < 4.78 is 3.50. The number of urea groups is 1. The average molecular weight is 263 g/mol. The van der Waals surface area contributed by atoms with Gasteiger partial charge in [0.25, 0.3) is 0 Å². The number of aryl methyl sites for hydroxylation is 2. The number of nitrogens with zero attached hydrogens (tertiary/aromatic N) is 5. The molecule has 8 nitrogen and oxygen atoms in total. The van der Waals surface area contributed by atoms with Crippen molar-refractivity contribution in [3.05, 3.63) is 24.5 Å². The lowest BCUT2D eigenvalue weighted by molar-refractivity contribution is 0.248. The van der Waals surface area contributed by atoms with Crippen molar-refractivity contribution in [1.82, 2.24) is 29.9 Å². The number of carbonyl (C=O) groups is 1. The van der Waals surface area contributed by atoms with Gasteiger partial charge in [-0.1, -0.05) is 0 Å². The molecule has 2 amide bonds. The summed E-state index contributed by atoms with van der Waals surface area (Å²) in [5.41, 5.74) is 0.657. The maximum atomic E-state index is 11.8. The molecular weight excluding hydrogens is 246 g/mol. The van der Waals surface area contributed by atoms with E-state index in [2.05, 4.69) is 25.9 Å². The summed E-state index contributed by atoms with van der Waals surface area (Å²) in [6, 6.07) is -0.528. The lowest BCUT2D eigenvalue weighted by Gasteiger charge is -2.12. The van der Waals surface area contributed by atoms with Crippen LogP contribution in [-0.4, -0.2) is 30.6 Å². The van der Waals surface area contributed by atoms with Gasteiger partial charge in [0.2, 0.25) is 0 Å². The van der Waals surface area contributed by atoms with Crippen LogP contribution in [0.25, 0.3) is 0 Å². The van der Waals surface area contributed by atoms with Gasteiger partial charge in [0.15, 0.2) is 5.82 Å². The summed E-state index contributed by atoms with van der Waals surface area (Å²) in [4.78, 5) is 11.8. The molecule has 2 aromatic heterocycles. The molecule has 0 aliphatic heterocycles. The molecule has 2 aromatic rings. The van der Waals surface area contributed by atoms with Gasteiger partial charge in [0, 0.05) is 19.8 Å². The molecule has 102 valence electrons. The number of amides is 2. The monoisotopic (exact) mass is 263 g/mol. The standard InChI is InChI=1S/C11H17N7O/c1-4-18-6-9(5-13-18)15-11(19)14-8(2)10-16-12-7-17(10)3/h5-8H,4H2,1-3H3,(H2,14,15,19). The van der Waals surface area contributed by atoms with Crippen molar-refractivity contribution in [2.75, 3.05) is 5.32 Å². The largest absolute Gasteiger partial charge is 0.328 e. The highest BCUT2D eigenvalue weighted by Gasteiger charge is 2.14. The van der Waals surface area contributed by atoms with Crippen LogP contribution in [-0.2, 0) is 13.6 Å². The van der Waals surface area contributed by atoms with E-state index < -0.39 is 0 Å². The minimum atomic E-state index is -0.300. The van der Waals surface area contributed by atoms with Gasteiger partial charge >= 0.3 is 6.03 Å². The first-order valence-corrected chi connectivity index (χ1v) is 6.04. The first-order chi connectivity index (χ1) is 9.10. The van der Waals surface area contributed by atoms with Crippen molar-refractivity contribution < 1.29 is 4.79 Å². The summed E-state index contributed by atoms with van der Waals surface area (Å²) in [6.07, 6.45) is 4.97. The van der Waals surface area contributed by atoms with Gasteiger partial charge in [-0.3, -0.25) is 4.68 Å². The molecule has 0 bridgehead atoms. The fraction of sp³-hybridized carbons (Fsp3) is 0.455. The Labute approximate surface area is 110 Å². The first kappa shape index (κ1) is 13.1. The van der Waals surface area contributed by atoms with Crippen molar-refractivity contribution in [2.24, 2.45) is 7.05 Å². The molecule has 1 atom stereocenters. The third-order valence-corrected chi connectivity index (χ3v) is 2.70. The van der Waals surface area contributed by atoms with Crippen molar-refractivity contribution >= 4 is 11.7 Å². The number of anilines is 1. The van der Waals surface area contributed by atoms with Gasteiger partial charge in [-0.25, -0.2) is 4.79 Å². The van der Waals surface area contributed by atoms with Crippen molar-refractivity contribution in [3.8, 4) is 0 Å². The molecule has 2 N–H and O–H groups in total. The van der Waals surface area contributed by atoms with E-state index in [9.17, 15) is 4.79 Å². The second-order valence-electron chi connectivity index (χ2n) is 4.20. The normalized spacial score (nSPS) is 12.2. The van der Waals surface area contributed by atoms with Gasteiger partial charge in [-0.15, -0.1) is 10.2 Å². The van der Waals surface area contributed by atoms with E-state index in [1.165, 1.54) is 0 Å². The number of aromatic nitrogens is 5. The lowest BCUT2D eigenvalue weighted by atomic mass is 10.3. The van der Waals surface area contributed by atoms with Crippen LogP contribution in [0.5, 0.6) is 0 Å². The summed E-state index contributed by atoms with van der Waals surface area (Å²) in [5.74, 6) is 0.694. The third kappa shape index (κ3) is 3.09. The summed E-state index contributed by atoms with van der Waals surface area (Å²) in [5, 5.41) is 17.3. The second-order valence-corrected chi connectivity index (χ2v) is 4.20. The summed E-state index contributed by atoms with van der Waals surface area (Å²) in [6.45, 7) is 4.59. The van der Waals surface area contributed by atoms with Gasteiger partial charge < -0.3 is 15.2 Å². The Kier molecular flexibility index (Phi) is 3.79. The van der Waals surface area contributed by atoms with Crippen molar-refractivity contribution in [1.29, 1.82) is 0 Å². The Hall–Kier alpha value is -2.38. The highest BCUT2D eigenvalue weighted by Crippen LogP contribution is 2.08. The fourth-order valence-corrected chi connectivity index (χ4v) is 1.71. The van der Waals surface area contributed by atoms with Crippen LogP contribution in [0.4, 0.5) is 10.5 Å². The second kappa shape index (κ2) is 5.51. The molecule has 0 spiro atoms. The number of carbonyl (C=O) groups excluding carboxylic acids is 1. The molecular formula is C11H17N7O. The van der Waals surface area contributed by atoms with Crippen LogP contribution in [0, 0.1) is 0 Å². The summed E-state index contributed by atoms with van der Waals surface area (Å²) in [7, 11) is 1.83. The maximum absolute atomic E-state index is 11.8. The number of nitrogens with one attached hydrogen (secondary N) is 2. The van der Waals surface area contributed by atoms with Crippen molar-refractivity contribution in [3.63, 3.8) is 0 Å². The molecule has 1 unspecified atom stereocenters. The Morgan fingerprint density at radius 3 is 2.89 bits per heavy atom. The smallest absolute Gasteiger partial charge is 0.319 e. The van der Waals surface area contributed by atoms with E-state index in [-0.39, 0.29) is 12.1 Å². The fourth-order valence-electron chi connectivity index (χ4n) is 1.71. The molecule has 0 aliphatic carbocycles. The van der Waals surface area contributed by atoms with Gasteiger partial charge in [0.05, 0.1) is 17.9 Å². The molecule has 2 rings (SSSR count). The van der Waals surface area contributed by atoms with E-state index in [0.717, 1.165) is 6.54 Å². The Bertz CT molecular complexity index is 559.